The van der Waals surface area contributed by atoms with Gasteiger partial charge in [0, 0.05) is 5.02 Å². The van der Waals surface area contributed by atoms with E-state index in [4.69, 9.17) is 16.7 Å². The lowest BCUT2D eigenvalue weighted by Gasteiger charge is -2.16. The van der Waals surface area contributed by atoms with Crippen molar-refractivity contribution in [2.45, 2.75) is 0 Å². The minimum Gasteiger partial charge on any atom is -0.508 e. The third-order valence-electron chi connectivity index (χ3n) is 1.34. The van der Waals surface area contributed by atoms with E-state index in [0.717, 1.165) is 18.2 Å². The number of phenolic OH excluding ortho intramolecular Hbond substituents is 1. The van der Waals surface area contributed by atoms with Gasteiger partial charge < -0.3 is 18.1 Å². The molecule has 1 rings (SSSR count). The fourth-order valence-electron chi connectivity index (χ4n) is 0.782. The van der Waals surface area contributed by atoms with Gasteiger partial charge in [-0.05, 0) is 12.1 Å². The van der Waals surface area contributed by atoms with Crippen LogP contribution in [0, 0.1) is 0 Å². The third kappa shape index (κ3) is 1.85. The molecule has 0 unspecified atom stereocenters. The van der Waals surface area contributed by atoms with E-state index in [1.807, 2.05) is 0 Å². The monoisotopic (exact) mass is 195 g/mol. The lowest BCUT2D eigenvalue weighted by atomic mass is 9.80. The molecule has 6 heteroatoms. The Morgan fingerprint density at radius 1 is 1.25 bits per heavy atom. The molecule has 12 heavy (non-hydrogen) atoms. The van der Waals surface area contributed by atoms with Crippen LogP contribution in [0.2, 0.25) is 5.02 Å². The van der Waals surface area contributed by atoms with E-state index in [9.17, 15) is 12.9 Å². The van der Waals surface area contributed by atoms with Crippen molar-refractivity contribution >= 4 is 24.0 Å². The van der Waals surface area contributed by atoms with Crippen LogP contribution >= 0.6 is 11.6 Å². The summed E-state index contributed by atoms with van der Waals surface area (Å²) >= 11 is 5.25. The number of hydrogen-bond acceptors (Lipinski definition) is 1. The summed E-state index contributed by atoms with van der Waals surface area (Å²) in [5.74, 6) is -0.274. The molecule has 0 aliphatic heterocycles. The summed E-state index contributed by atoms with van der Waals surface area (Å²) in [7, 11) is 0. The minimum absolute atomic E-state index is 0.274. The second kappa shape index (κ2) is 2.90. The summed E-state index contributed by atoms with van der Waals surface area (Å²) in [4.78, 5) is 0. The van der Waals surface area contributed by atoms with E-state index in [2.05, 4.69) is 0 Å². The SMILES string of the molecule is Oc1ccc([B-](F)(F)F)c(Cl)c1. The molecular weight excluding hydrogens is 191 g/mol. The van der Waals surface area contributed by atoms with Gasteiger partial charge >= 0.3 is 6.98 Å². The maximum atomic E-state index is 12.1. The zero-order valence-corrected chi connectivity index (χ0v) is 6.52. The predicted octanol–water partition coefficient (Wildman–Crippen LogP) is 2.10. The van der Waals surface area contributed by atoms with Crippen molar-refractivity contribution in [1.82, 2.24) is 0 Å². The molecule has 0 radical (unpaired) electrons. The molecule has 66 valence electrons. The van der Waals surface area contributed by atoms with E-state index in [1.54, 1.807) is 0 Å². The molecule has 0 saturated carbocycles. The van der Waals surface area contributed by atoms with Crippen molar-refractivity contribution in [2.24, 2.45) is 0 Å². The van der Waals surface area contributed by atoms with Crippen molar-refractivity contribution in [3.8, 4) is 5.75 Å². The number of phenols is 1. The molecule has 1 aromatic rings. The number of aromatic hydroxyl groups is 1. The quantitative estimate of drug-likeness (QED) is 0.680. The Hall–Kier alpha value is -0.835. The van der Waals surface area contributed by atoms with Gasteiger partial charge in [-0.15, -0.1) is 0 Å². The Labute approximate surface area is 71.8 Å². The number of benzene rings is 1. The summed E-state index contributed by atoms with van der Waals surface area (Å²) in [6.07, 6.45) is 0. The van der Waals surface area contributed by atoms with Crippen molar-refractivity contribution in [3.05, 3.63) is 23.2 Å². The molecule has 0 aliphatic carbocycles. The van der Waals surface area contributed by atoms with Gasteiger partial charge in [0.05, 0.1) is 0 Å². The van der Waals surface area contributed by atoms with Gasteiger partial charge in [-0.2, -0.15) is 0 Å². The maximum absolute atomic E-state index is 12.1. The highest BCUT2D eigenvalue weighted by molar-refractivity contribution is 6.75. The predicted molar refractivity (Wildman–Crippen MR) is 41.8 cm³/mol. The molecule has 1 aromatic carbocycles. The molecule has 0 amide bonds. The van der Waals surface area contributed by atoms with Crippen LogP contribution in [-0.2, 0) is 0 Å². The highest BCUT2D eigenvalue weighted by atomic mass is 35.5. The van der Waals surface area contributed by atoms with Gasteiger partial charge in [0.2, 0.25) is 0 Å². The summed E-state index contributed by atoms with van der Waals surface area (Å²) < 4.78 is 36.2. The maximum Gasteiger partial charge on any atom is 0.511 e. The van der Waals surface area contributed by atoms with E-state index in [0.29, 0.717) is 0 Å². The second-order valence-electron chi connectivity index (χ2n) is 2.28. The Morgan fingerprint density at radius 3 is 2.25 bits per heavy atom. The third-order valence-corrected chi connectivity index (χ3v) is 1.66. The van der Waals surface area contributed by atoms with Gasteiger partial charge in [0.15, 0.2) is 0 Å². The van der Waals surface area contributed by atoms with Crippen LogP contribution in [0.3, 0.4) is 0 Å². The van der Waals surface area contributed by atoms with E-state index >= 15 is 0 Å². The van der Waals surface area contributed by atoms with Crippen molar-refractivity contribution < 1.29 is 18.1 Å². The van der Waals surface area contributed by atoms with Crippen LogP contribution in [0.1, 0.15) is 0 Å². The lowest BCUT2D eigenvalue weighted by molar-refractivity contribution is 0.475. The second-order valence-corrected chi connectivity index (χ2v) is 2.69. The summed E-state index contributed by atoms with van der Waals surface area (Å²) in [6.45, 7) is -5.09. The van der Waals surface area contributed by atoms with Crippen LogP contribution in [0.25, 0.3) is 0 Å². The first kappa shape index (κ1) is 9.25. The average molecular weight is 195 g/mol. The Morgan fingerprint density at radius 2 is 1.83 bits per heavy atom. The Kier molecular flexibility index (Phi) is 2.23. The normalized spacial score (nSPS) is 11.7. The molecule has 0 spiro atoms. The van der Waals surface area contributed by atoms with Crippen LogP contribution in [0.4, 0.5) is 12.9 Å². The molecule has 0 aromatic heterocycles. The standard InChI is InChI=1S/C6H4BClF3O/c8-6-3-4(12)1-2-5(6)7(9,10)11/h1-3,12H/q-1. The van der Waals surface area contributed by atoms with Gasteiger partial charge in [-0.1, -0.05) is 23.1 Å². The molecule has 0 bridgehead atoms. The topological polar surface area (TPSA) is 20.2 Å². The smallest absolute Gasteiger partial charge is 0.508 e. The Bertz CT molecular complexity index is 299. The lowest BCUT2D eigenvalue weighted by Crippen LogP contribution is -2.34. The molecule has 0 aliphatic rings. The average Bonchev–Trinajstić information content (AvgIpc) is 1.83. The highest BCUT2D eigenvalue weighted by Crippen LogP contribution is 2.19. The fourth-order valence-corrected chi connectivity index (χ4v) is 1.08. The minimum atomic E-state index is -5.09. The fraction of sp³-hybridized carbons (Fsp3) is 0. The zero-order chi connectivity index (χ0) is 9.35. The van der Waals surface area contributed by atoms with Gasteiger partial charge in [-0.3, -0.25) is 0 Å². The number of rotatable bonds is 1. The molecule has 0 heterocycles. The van der Waals surface area contributed by atoms with Crippen LogP contribution in [-0.4, -0.2) is 12.1 Å². The van der Waals surface area contributed by atoms with Crippen molar-refractivity contribution in [2.75, 3.05) is 0 Å². The molecule has 0 atom stereocenters. The van der Waals surface area contributed by atoms with E-state index in [-0.39, 0.29) is 5.75 Å². The number of hydrogen-bond donors (Lipinski definition) is 1. The van der Waals surface area contributed by atoms with Crippen molar-refractivity contribution in [1.29, 1.82) is 0 Å². The zero-order valence-electron chi connectivity index (χ0n) is 5.77. The van der Waals surface area contributed by atoms with Crippen LogP contribution in [0.15, 0.2) is 18.2 Å². The first-order chi connectivity index (χ1) is 5.41. The Balaban J connectivity index is 3.19. The van der Waals surface area contributed by atoms with E-state index < -0.39 is 17.5 Å². The summed E-state index contributed by atoms with van der Waals surface area (Å²) in [5, 5.41) is 8.29. The molecule has 1 nitrogen and oxygen atoms in total. The van der Waals surface area contributed by atoms with Gasteiger partial charge in [0.25, 0.3) is 0 Å². The highest BCUT2D eigenvalue weighted by Gasteiger charge is 2.27. The molecule has 0 saturated heterocycles. The van der Waals surface area contributed by atoms with Gasteiger partial charge in [-0.25, -0.2) is 0 Å². The van der Waals surface area contributed by atoms with E-state index in [1.165, 1.54) is 0 Å². The van der Waals surface area contributed by atoms with Crippen LogP contribution in [0.5, 0.6) is 5.75 Å². The molecular formula is C6H4BClF3O-. The summed E-state index contributed by atoms with van der Waals surface area (Å²) in [5.41, 5.74) is -0.880. The van der Waals surface area contributed by atoms with Gasteiger partial charge in [0.1, 0.15) is 5.75 Å². The molecule has 1 N–H and O–H groups in total. The first-order valence-corrected chi connectivity index (χ1v) is 3.47. The van der Waals surface area contributed by atoms with Crippen molar-refractivity contribution in [3.63, 3.8) is 0 Å². The molecule has 0 fully saturated rings. The summed E-state index contributed by atoms with van der Waals surface area (Å²) in [6, 6.07) is 2.58. The first-order valence-electron chi connectivity index (χ1n) is 3.09. The number of halogens is 4. The van der Waals surface area contributed by atoms with Crippen LogP contribution < -0.4 is 5.46 Å². The largest absolute Gasteiger partial charge is 0.511 e.